The average molecular weight is 467 g/mol. The predicted octanol–water partition coefficient (Wildman–Crippen LogP) is 5.10. The lowest BCUT2D eigenvalue weighted by Crippen LogP contribution is -2.50. The van der Waals surface area contributed by atoms with E-state index in [1.54, 1.807) is 22.5 Å². The molecule has 0 bridgehead atoms. The molecule has 5 aliphatic rings. The van der Waals surface area contributed by atoms with Crippen LogP contribution in [0, 0.1) is 17.3 Å². The maximum atomic E-state index is 6.67. The van der Waals surface area contributed by atoms with Crippen LogP contribution in [0.5, 0.6) is 0 Å². The maximum absolute atomic E-state index is 6.67. The summed E-state index contributed by atoms with van der Waals surface area (Å²) in [5, 5.41) is 3.25. The summed E-state index contributed by atoms with van der Waals surface area (Å²) in [7, 11) is 1.87. The number of ether oxygens (including phenoxy) is 1. The number of hydrogen-bond donors (Lipinski definition) is 1. The fourth-order valence-electron chi connectivity index (χ4n) is 7.24. The molecule has 6 heteroatoms. The monoisotopic (exact) mass is 466 g/mol. The van der Waals surface area contributed by atoms with Crippen molar-refractivity contribution in [1.29, 1.82) is 0 Å². The summed E-state index contributed by atoms with van der Waals surface area (Å²) in [5.41, 5.74) is 9.91. The fraction of sp³-hybridized carbons (Fsp3) is 0.704. The summed E-state index contributed by atoms with van der Waals surface area (Å²) < 4.78 is 5.76. The van der Waals surface area contributed by atoms with Crippen molar-refractivity contribution in [3.05, 3.63) is 39.9 Å². The number of allylic oxidation sites excluding steroid dienone is 3. The molecule has 1 aromatic rings. The Morgan fingerprint density at radius 1 is 1.21 bits per heavy atom. The first-order valence-corrected chi connectivity index (χ1v) is 13.9. The van der Waals surface area contributed by atoms with E-state index < -0.39 is 0 Å². The zero-order chi connectivity index (χ0) is 22.5. The highest BCUT2D eigenvalue weighted by atomic mass is 32.1. The molecule has 2 atom stereocenters. The maximum Gasteiger partial charge on any atom is 0.192 e. The van der Waals surface area contributed by atoms with Crippen LogP contribution in [0.2, 0.25) is 0 Å². The van der Waals surface area contributed by atoms with E-state index >= 15 is 0 Å². The van der Waals surface area contributed by atoms with E-state index in [0.29, 0.717) is 12.0 Å². The molecule has 0 amide bonds. The molecule has 0 radical (unpaired) electrons. The number of nitrogens with two attached hydrogens (primary N) is 1. The fourth-order valence-corrected chi connectivity index (χ4v) is 7.85. The van der Waals surface area contributed by atoms with Gasteiger partial charge in [0.1, 0.15) is 5.54 Å². The molecule has 0 saturated heterocycles. The van der Waals surface area contributed by atoms with Gasteiger partial charge in [0, 0.05) is 37.1 Å². The van der Waals surface area contributed by atoms with Crippen LogP contribution >= 0.6 is 11.3 Å². The Morgan fingerprint density at radius 2 is 2.06 bits per heavy atom. The molecular weight excluding hydrogens is 428 g/mol. The van der Waals surface area contributed by atoms with Crippen molar-refractivity contribution in [3.63, 3.8) is 0 Å². The molecule has 5 nitrogen and oxygen atoms in total. The second-order valence-electron chi connectivity index (χ2n) is 11.1. The first kappa shape index (κ1) is 21.8. The second kappa shape index (κ2) is 8.53. The van der Waals surface area contributed by atoms with Gasteiger partial charge in [-0.15, -0.1) is 11.3 Å². The second-order valence-corrected chi connectivity index (χ2v) is 12.1. The van der Waals surface area contributed by atoms with Gasteiger partial charge in [-0.05, 0) is 68.8 Å². The lowest BCUT2D eigenvalue weighted by molar-refractivity contribution is 0.00555. The van der Waals surface area contributed by atoms with Crippen LogP contribution < -0.4 is 5.73 Å². The van der Waals surface area contributed by atoms with Crippen molar-refractivity contribution in [3.8, 4) is 0 Å². The summed E-state index contributed by atoms with van der Waals surface area (Å²) in [4.78, 5) is 12.3. The molecule has 3 fully saturated rings. The molecule has 2 unspecified atom stereocenters. The number of guanidine groups is 1. The minimum absolute atomic E-state index is 0.150. The summed E-state index contributed by atoms with van der Waals surface area (Å²) in [5.74, 6) is 2.36. The molecule has 33 heavy (non-hydrogen) atoms. The SMILES string of the molecule is COC1CCC2(CC1)CC1CC=C(CCC3CC3)C=C1C21CN(CCc2nccs2)C(N)=N1. The number of rotatable bonds is 7. The van der Waals surface area contributed by atoms with Gasteiger partial charge in [0.25, 0.3) is 0 Å². The van der Waals surface area contributed by atoms with E-state index in [0.717, 1.165) is 44.2 Å². The zero-order valence-electron chi connectivity index (χ0n) is 20.0. The number of hydrogen-bond acceptors (Lipinski definition) is 6. The smallest absolute Gasteiger partial charge is 0.192 e. The Bertz CT molecular complexity index is 955. The van der Waals surface area contributed by atoms with Gasteiger partial charge in [-0.2, -0.15) is 0 Å². The van der Waals surface area contributed by atoms with Crippen LogP contribution in [-0.2, 0) is 11.2 Å². The standard InChI is InChI=1S/C27H38N4OS/c1-32-22-8-11-26(12-9-22)17-21-7-6-20(5-4-19-2-3-19)16-23(21)27(26)18-31(25(28)30-27)14-10-24-29-13-15-33-24/h6,13,15-16,19,21-22H,2-5,7-12,14,17-18H2,1H3,(H2,28,30). The molecule has 2 heterocycles. The molecule has 3 saturated carbocycles. The Hall–Kier alpha value is -1.66. The summed E-state index contributed by atoms with van der Waals surface area (Å²) in [6, 6.07) is 0. The predicted molar refractivity (Wildman–Crippen MR) is 134 cm³/mol. The van der Waals surface area contributed by atoms with Crippen LogP contribution in [0.4, 0.5) is 0 Å². The van der Waals surface area contributed by atoms with Gasteiger partial charge in [0.15, 0.2) is 5.96 Å². The van der Waals surface area contributed by atoms with Gasteiger partial charge in [-0.1, -0.05) is 30.6 Å². The van der Waals surface area contributed by atoms with Crippen LogP contribution in [-0.4, -0.2) is 47.7 Å². The van der Waals surface area contributed by atoms with Gasteiger partial charge < -0.3 is 15.4 Å². The summed E-state index contributed by atoms with van der Waals surface area (Å²) in [6.45, 7) is 1.85. The van der Waals surface area contributed by atoms with Crippen molar-refractivity contribution in [2.24, 2.45) is 28.0 Å². The number of aromatic nitrogens is 1. The molecular formula is C27H38N4OS. The Kier molecular flexibility index (Phi) is 5.65. The third-order valence-corrected chi connectivity index (χ3v) is 10.2. The molecule has 2 N–H and O–H groups in total. The minimum Gasteiger partial charge on any atom is -0.381 e. The highest BCUT2D eigenvalue weighted by Crippen LogP contribution is 2.64. The van der Waals surface area contributed by atoms with E-state index in [2.05, 4.69) is 27.4 Å². The number of aliphatic imine (C=N–C) groups is 1. The third-order valence-electron chi connectivity index (χ3n) is 9.33. The normalized spacial score (nSPS) is 35.7. The van der Waals surface area contributed by atoms with Crippen LogP contribution in [0.1, 0.15) is 69.2 Å². The van der Waals surface area contributed by atoms with Gasteiger partial charge in [0.05, 0.1) is 17.7 Å². The van der Waals surface area contributed by atoms with E-state index in [4.69, 9.17) is 15.5 Å². The van der Waals surface area contributed by atoms with Crippen molar-refractivity contribution in [1.82, 2.24) is 9.88 Å². The van der Waals surface area contributed by atoms with E-state index in [1.807, 2.05) is 13.3 Å². The molecule has 4 aliphatic carbocycles. The highest BCUT2D eigenvalue weighted by Gasteiger charge is 2.64. The summed E-state index contributed by atoms with van der Waals surface area (Å²) >= 11 is 1.74. The highest BCUT2D eigenvalue weighted by molar-refractivity contribution is 7.09. The largest absolute Gasteiger partial charge is 0.381 e. The van der Waals surface area contributed by atoms with Gasteiger partial charge in [-0.25, -0.2) is 9.98 Å². The van der Waals surface area contributed by atoms with Crippen LogP contribution in [0.25, 0.3) is 0 Å². The molecule has 6 rings (SSSR count). The molecule has 1 aromatic heterocycles. The quantitative estimate of drug-likeness (QED) is 0.607. The lowest BCUT2D eigenvalue weighted by atomic mass is 9.62. The van der Waals surface area contributed by atoms with Crippen molar-refractivity contribution in [2.45, 2.75) is 82.3 Å². The number of thiazole rings is 1. The molecule has 2 spiro atoms. The van der Waals surface area contributed by atoms with Crippen molar-refractivity contribution >= 4 is 17.3 Å². The molecule has 1 aliphatic heterocycles. The number of nitrogens with zero attached hydrogens (tertiary/aromatic N) is 3. The number of fused-ring (bicyclic) bond motifs is 3. The topological polar surface area (TPSA) is 63.7 Å². The van der Waals surface area contributed by atoms with Gasteiger partial charge in [0.2, 0.25) is 0 Å². The van der Waals surface area contributed by atoms with Crippen LogP contribution in [0.3, 0.4) is 0 Å². The molecule has 0 aromatic carbocycles. The van der Waals surface area contributed by atoms with E-state index in [1.165, 1.54) is 56.4 Å². The van der Waals surface area contributed by atoms with E-state index in [-0.39, 0.29) is 11.0 Å². The lowest BCUT2D eigenvalue weighted by Gasteiger charge is -2.46. The van der Waals surface area contributed by atoms with Gasteiger partial charge >= 0.3 is 0 Å². The third kappa shape index (κ3) is 3.87. The van der Waals surface area contributed by atoms with Crippen molar-refractivity contribution in [2.75, 3.05) is 20.2 Å². The zero-order valence-corrected chi connectivity index (χ0v) is 20.8. The van der Waals surface area contributed by atoms with Crippen LogP contribution in [0.15, 0.2) is 39.9 Å². The van der Waals surface area contributed by atoms with Gasteiger partial charge in [-0.3, -0.25) is 0 Å². The minimum atomic E-state index is -0.150. The number of methoxy groups -OCH3 is 1. The first-order chi connectivity index (χ1) is 16.1. The Morgan fingerprint density at radius 3 is 2.79 bits per heavy atom. The van der Waals surface area contributed by atoms with E-state index in [9.17, 15) is 0 Å². The van der Waals surface area contributed by atoms with Crippen molar-refractivity contribution < 1.29 is 4.74 Å². The Balaban J connectivity index is 1.29. The first-order valence-electron chi connectivity index (χ1n) is 13.0. The average Bonchev–Trinajstić information content (AvgIpc) is 3.29. The molecule has 178 valence electrons. The Labute approximate surface area is 202 Å². The summed E-state index contributed by atoms with van der Waals surface area (Å²) in [6.07, 6.45) is 21.0.